The van der Waals surface area contributed by atoms with Gasteiger partial charge in [-0.15, -0.1) is 0 Å². The number of fused-ring (bicyclic) bond motifs is 3. The van der Waals surface area contributed by atoms with Crippen molar-refractivity contribution in [2.24, 2.45) is 11.8 Å². The largest absolute Gasteiger partial charge is 0.502 e. The Labute approximate surface area is 161 Å². The van der Waals surface area contributed by atoms with Gasteiger partial charge in [-0.05, 0) is 47.4 Å². The SMILES string of the molecule is COc1cc([C@@H]2c3cc4c(cc3C[C@@H]3COC(=O)[C@@H]32)OCO4)cc(OC)c1O. The van der Waals surface area contributed by atoms with Gasteiger partial charge in [0.05, 0.1) is 26.7 Å². The molecule has 28 heavy (non-hydrogen) atoms. The quantitative estimate of drug-likeness (QED) is 0.815. The van der Waals surface area contributed by atoms with Gasteiger partial charge in [-0.2, -0.15) is 0 Å². The number of esters is 1. The van der Waals surface area contributed by atoms with Gasteiger partial charge in [0, 0.05) is 11.8 Å². The summed E-state index contributed by atoms with van der Waals surface area (Å²) in [4.78, 5) is 12.6. The van der Waals surface area contributed by atoms with Gasteiger partial charge in [0.15, 0.2) is 23.0 Å². The van der Waals surface area contributed by atoms with Crippen molar-refractivity contribution >= 4 is 5.97 Å². The Morgan fingerprint density at radius 2 is 1.68 bits per heavy atom. The smallest absolute Gasteiger partial charge is 0.310 e. The molecule has 1 N–H and O–H groups in total. The maximum absolute atomic E-state index is 12.6. The molecule has 7 nitrogen and oxygen atoms in total. The Morgan fingerprint density at radius 1 is 1.00 bits per heavy atom. The number of rotatable bonds is 3. The molecule has 0 saturated carbocycles. The summed E-state index contributed by atoms with van der Waals surface area (Å²) in [6.45, 7) is 0.596. The minimum Gasteiger partial charge on any atom is -0.502 e. The predicted octanol–water partition coefficient (Wildman–Crippen LogP) is 2.62. The maximum atomic E-state index is 12.6. The Hall–Kier alpha value is -3.09. The van der Waals surface area contributed by atoms with Gasteiger partial charge in [0.25, 0.3) is 0 Å². The zero-order chi connectivity index (χ0) is 19.4. The van der Waals surface area contributed by atoms with Gasteiger partial charge in [-0.3, -0.25) is 4.79 Å². The molecule has 3 aliphatic rings. The fourth-order valence-electron chi connectivity index (χ4n) is 4.60. The fraction of sp³-hybridized carbons (Fsp3) is 0.381. The molecule has 2 aliphatic heterocycles. The van der Waals surface area contributed by atoms with Crippen LogP contribution in [0.1, 0.15) is 22.6 Å². The lowest BCUT2D eigenvalue weighted by Crippen LogP contribution is -2.31. The van der Waals surface area contributed by atoms with Crippen molar-refractivity contribution in [3.63, 3.8) is 0 Å². The number of carbonyl (C=O) groups excluding carboxylic acids is 1. The summed E-state index contributed by atoms with van der Waals surface area (Å²) in [5.41, 5.74) is 2.93. The van der Waals surface area contributed by atoms with Crippen molar-refractivity contribution in [2.75, 3.05) is 27.6 Å². The summed E-state index contributed by atoms with van der Waals surface area (Å²) in [5, 5.41) is 10.3. The lowest BCUT2D eigenvalue weighted by Gasteiger charge is -2.33. The van der Waals surface area contributed by atoms with Crippen LogP contribution in [-0.2, 0) is 16.0 Å². The molecule has 0 aromatic heterocycles. The summed E-state index contributed by atoms with van der Waals surface area (Å²) in [5.74, 6) is 1.22. The lowest BCUT2D eigenvalue weighted by molar-refractivity contribution is -0.141. The van der Waals surface area contributed by atoms with E-state index in [-0.39, 0.29) is 36.3 Å². The van der Waals surface area contributed by atoms with Gasteiger partial charge >= 0.3 is 5.97 Å². The van der Waals surface area contributed by atoms with Crippen molar-refractivity contribution in [3.05, 3.63) is 41.0 Å². The second-order valence-electron chi connectivity index (χ2n) is 7.28. The van der Waals surface area contributed by atoms with E-state index in [1.165, 1.54) is 14.2 Å². The van der Waals surface area contributed by atoms with Crippen LogP contribution in [0.15, 0.2) is 24.3 Å². The number of cyclic esters (lactones) is 1. The van der Waals surface area contributed by atoms with Crippen molar-refractivity contribution in [1.82, 2.24) is 0 Å². The summed E-state index contributed by atoms with van der Waals surface area (Å²) < 4.78 is 27.2. The monoisotopic (exact) mass is 384 g/mol. The number of carbonyl (C=O) groups is 1. The molecule has 1 aliphatic carbocycles. The number of ether oxygens (including phenoxy) is 5. The number of phenols is 1. The highest BCUT2D eigenvalue weighted by Crippen LogP contribution is 2.52. The minimum absolute atomic E-state index is 0.0685. The van der Waals surface area contributed by atoms with E-state index in [0.29, 0.717) is 23.9 Å². The number of hydrogen-bond acceptors (Lipinski definition) is 7. The molecule has 3 atom stereocenters. The first-order chi connectivity index (χ1) is 13.6. The zero-order valence-corrected chi connectivity index (χ0v) is 15.6. The van der Waals surface area contributed by atoms with Crippen LogP contribution in [0, 0.1) is 11.8 Å². The third-order valence-corrected chi connectivity index (χ3v) is 5.89. The van der Waals surface area contributed by atoms with Gasteiger partial charge in [-0.1, -0.05) is 0 Å². The Morgan fingerprint density at radius 3 is 2.36 bits per heavy atom. The van der Waals surface area contributed by atoms with Crippen LogP contribution in [0.2, 0.25) is 0 Å². The highest BCUT2D eigenvalue weighted by Gasteiger charge is 2.48. The van der Waals surface area contributed by atoms with E-state index in [9.17, 15) is 9.90 Å². The highest BCUT2D eigenvalue weighted by molar-refractivity contribution is 5.78. The third-order valence-electron chi connectivity index (χ3n) is 5.89. The average Bonchev–Trinajstić information content (AvgIpc) is 3.31. The molecule has 5 rings (SSSR count). The van der Waals surface area contributed by atoms with Gasteiger partial charge in [-0.25, -0.2) is 0 Å². The molecular weight excluding hydrogens is 364 g/mol. The molecule has 1 fully saturated rings. The molecule has 7 heteroatoms. The van der Waals surface area contributed by atoms with Gasteiger partial charge in [0.1, 0.15) is 0 Å². The summed E-state index contributed by atoms with van der Waals surface area (Å²) in [6, 6.07) is 7.46. The molecule has 1 saturated heterocycles. The van der Waals surface area contributed by atoms with Crippen LogP contribution in [0.5, 0.6) is 28.7 Å². The Kier molecular flexibility index (Phi) is 3.79. The lowest BCUT2D eigenvalue weighted by atomic mass is 9.67. The normalized spacial score (nSPS) is 24.4. The topological polar surface area (TPSA) is 83.5 Å². The number of hydrogen-bond donors (Lipinski definition) is 1. The van der Waals surface area contributed by atoms with E-state index in [4.69, 9.17) is 23.7 Å². The van der Waals surface area contributed by atoms with Crippen LogP contribution < -0.4 is 18.9 Å². The third kappa shape index (κ3) is 2.38. The first kappa shape index (κ1) is 17.0. The second kappa shape index (κ2) is 6.22. The van der Waals surface area contributed by atoms with Crippen molar-refractivity contribution < 1.29 is 33.6 Å². The number of phenolic OH excluding ortho intramolecular Hbond substituents is 1. The van der Waals surface area contributed by atoms with E-state index in [0.717, 1.165) is 28.9 Å². The van der Waals surface area contributed by atoms with Crippen molar-refractivity contribution in [2.45, 2.75) is 12.3 Å². The van der Waals surface area contributed by atoms with E-state index in [1.54, 1.807) is 12.1 Å². The van der Waals surface area contributed by atoms with Crippen LogP contribution in [0.3, 0.4) is 0 Å². The highest BCUT2D eigenvalue weighted by atomic mass is 16.7. The summed E-state index contributed by atoms with van der Waals surface area (Å²) in [7, 11) is 2.97. The molecular formula is C21H20O7. The van der Waals surface area contributed by atoms with Crippen LogP contribution in [0.4, 0.5) is 0 Å². The van der Waals surface area contributed by atoms with Crippen molar-refractivity contribution in [1.29, 1.82) is 0 Å². The van der Waals surface area contributed by atoms with E-state index >= 15 is 0 Å². The number of benzene rings is 2. The Bertz CT molecular complexity index is 942. The van der Waals surface area contributed by atoms with Gasteiger partial charge in [0.2, 0.25) is 12.5 Å². The second-order valence-corrected chi connectivity index (χ2v) is 7.28. The van der Waals surface area contributed by atoms with Crippen molar-refractivity contribution in [3.8, 4) is 28.7 Å². The van der Waals surface area contributed by atoms with Crippen LogP contribution >= 0.6 is 0 Å². The molecule has 0 spiro atoms. The van der Waals surface area contributed by atoms with Gasteiger partial charge < -0.3 is 28.8 Å². The van der Waals surface area contributed by atoms with Crippen LogP contribution in [-0.4, -0.2) is 38.7 Å². The fourth-order valence-corrected chi connectivity index (χ4v) is 4.60. The van der Waals surface area contributed by atoms with E-state index < -0.39 is 0 Å². The number of methoxy groups -OCH3 is 2. The summed E-state index contributed by atoms with van der Waals surface area (Å²) in [6.07, 6.45) is 0.741. The zero-order valence-electron chi connectivity index (χ0n) is 15.6. The molecule has 2 heterocycles. The Balaban J connectivity index is 1.72. The number of aromatic hydroxyl groups is 1. The van der Waals surface area contributed by atoms with E-state index in [1.807, 2.05) is 12.1 Å². The molecule has 2 aromatic rings. The predicted molar refractivity (Wildman–Crippen MR) is 97.3 cm³/mol. The molecule has 0 amide bonds. The molecule has 0 radical (unpaired) electrons. The molecule has 0 unspecified atom stereocenters. The first-order valence-electron chi connectivity index (χ1n) is 9.14. The standard InChI is InChI=1S/C21H20O7/c1-24-16-5-11(6-17(25-2)20(16)22)18-13-7-15-14(27-9-28-15)4-10(13)3-12-8-26-21(23)19(12)18/h4-7,12,18-19,22H,3,8-9H2,1-2H3/t12-,18-,19+/m1/s1. The minimum atomic E-state index is -0.313. The van der Waals surface area contributed by atoms with Crippen LogP contribution in [0.25, 0.3) is 0 Å². The molecule has 0 bridgehead atoms. The average molecular weight is 384 g/mol. The maximum Gasteiger partial charge on any atom is 0.310 e. The van der Waals surface area contributed by atoms with E-state index in [2.05, 4.69) is 0 Å². The first-order valence-corrected chi connectivity index (χ1v) is 9.14. The molecule has 146 valence electrons. The molecule has 2 aromatic carbocycles. The summed E-state index contributed by atoms with van der Waals surface area (Å²) >= 11 is 0.